The predicted molar refractivity (Wildman–Crippen MR) is 110 cm³/mol. The molecule has 2 aliphatic rings. The molecule has 6 nitrogen and oxygen atoms in total. The second-order valence-corrected chi connectivity index (χ2v) is 8.87. The lowest BCUT2D eigenvalue weighted by Gasteiger charge is -2.53. The number of benzene rings is 1. The fourth-order valence-corrected chi connectivity index (χ4v) is 6.13. The molecule has 1 amide bonds. The highest BCUT2D eigenvalue weighted by molar-refractivity contribution is 14.2. The van der Waals surface area contributed by atoms with E-state index in [-0.39, 0.29) is 23.8 Å². The Morgan fingerprint density at radius 1 is 1.15 bits per heavy atom. The number of carbonyl (C=O) groups is 1. The maximum atomic E-state index is 12.8. The van der Waals surface area contributed by atoms with Crippen molar-refractivity contribution in [3.05, 3.63) is 64.1 Å². The van der Waals surface area contributed by atoms with E-state index < -0.39 is 11.2 Å². The first kappa shape index (κ1) is 17.7. The summed E-state index contributed by atoms with van der Waals surface area (Å²) in [5.41, 5.74) is 0.652. The van der Waals surface area contributed by atoms with Gasteiger partial charge in [-0.1, -0.05) is 39.3 Å². The summed E-state index contributed by atoms with van der Waals surface area (Å²) in [6.45, 7) is 0. The molecule has 1 fully saturated rings. The van der Waals surface area contributed by atoms with Gasteiger partial charge in [-0.05, 0) is 39.6 Å². The van der Waals surface area contributed by atoms with Gasteiger partial charge in [-0.15, -0.1) is 0 Å². The SMILES string of the molecule is CN1C(=O)c2c(O)c(=O)ccn2N2C(c3ccccc3)C(SI)CCC12. The van der Waals surface area contributed by atoms with Crippen molar-refractivity contribution in [1.29, 1.82) is 0 Å². The van der Waals surface area contributed by atoms with Crippen LogP contribution >= 0.6 is 30.1 Å². The Morgan fingerprint density at radius 3 is 2.58 bits per heavy atom. The molecule has 8 heteroatoms. The van der Waals surface area contributed by atoms with E-state index in [0.29, 0.717) is 5.25 Å². The van der Waals surface area contributed by atoms with E-state index in [4.69, 9.17) is 0 Å². The van der Waals surface area contributed by atoms with Gasteiger partial charge in [0.2, 0.25) is 5.43 Å². The molecule has 3 atom stereocenters. The van der Waals surface area contributed by atoms with Gasteiger partial charge in [0.05, 0.1) is 6.04 Å². The van der Waals surface area contributed by atoms with Crippen molar-refractivity contribution in [3.63, 3.8) is 0 Å². The number of halogens is 1. The van der Waals surface area contributed by atoms with Crippen molar-refractivity contribution in [2.75, 3.05) is 12.1 Å². The molecule has 1 saturated heterocycles. The van der Waals surface area contributed by atoms with Gasteiger partial charge in [-0.2, -0.15) is 0 Å². The molecule has 1 aromatic carbocycles. The van der Waals surface area contributed by atoms with Gasteiger partial charge < -0.3 is 10.0 Å². The molecule has 3 unspecified atom stereocenters. The minimum atomic E-state index is -0.537. The van der Waals surface area contributed by atoms with Crippen LogP contribution in [-0.4, -0.2) is 39.1 Å². The van der Waals surface area contributed by atoms with E-state index in [0.717, 1.165) is 18.4 Å². The topological polar surface area (TPSA) is 65.8 Å². The summed E-state index contributed by atoms with van der Waals surface area (Å²) in [6, 6.07) is 11.5. The number of amides is 1. The van der Waals surface area contributed by atoms with Crippen LogP contribution in [0.2, 0.25) is 0 Å². The van der Waals surface area contributed by atoms with Gasteiger partial charge in [0.1, 0.15) is 6.17 Å². The van der Waals surface area contributed by atoms with Crippen LogP contribution in [0, 0.1) is 0 Å². The highest BCUT2D eigenvalue weighted by atomic mass is 127. The van der Waals surface area contributed by atoms with Crippen molar-refractivity contribution in [1.82, 2.24) is 9.58 Å². The Morgan fingerprint density at radius 2 is 1.88 bits per heavy atom. The third kappa shape index (κ3) is 2.61. The van der Waals surface area contributed by atoms with Crippen molar-refractivity contribution in [2.45, 2.75) is 30.3 Å². The Balaban J connectivity index is 1.94. The monoisotopic (exact) mass is 483 g/mol. The third-order valence-corrected chi connectivity index (χ3v) is 7.86. The second-order valence-electron chi connectivity index (χ2n) is 6.56. The van der Waals surface area contributed by atoms with Gasteiger partial charge in [0.25, 0.3) is 5.91 Å². The fraction of sp³-hybridized carbons (Fsp3) is 0.333. The van der Waals surface area contributed by atoms with E-state index in [2.05, 4.69) is 38.3 Å². The quantitative estimate of drug-likeness (QED) is 0.666. The van der Waals surface area contributed by atoms with Crippen LogP contribution in [-0.2, 0) is 0 Å². The Kier molecular flexibility index (Phi) is 4.64. The van der Waals surface area contributed by atoms with Crippen LogP contribution in [0.5, 0.6) is 5.75 Å². The zero-order chi connectivity index (χ0) is 18.4. The van der Waals surface area contributed by atoms with Crippen LogP contribution in [0.15, 0.2) is 47.4 Å². The molecule has 0 aliphatic carbocycles. The average Bonchev–Trinajstić information content (AvgIpc) is 2.67. The van der Waals surface area contributed by atoms with Gasteiger partial charge >= 0.3 is 0 Å². The average molecular weight is 483 g/mol. The zero-order valence-corrected chi connectivity index (χ0v) is 17.1. The highest BCUT2D eigenvalue weighted by Gasteiger charge is 2.46. The highest BCUT2D eigenvalue weighted by Crippen LogP contribution is 2.44. The summed E-state index contributed by atoms with van der Waals surface area (Å²) in [7, 11) is 3.51. The van der Waals surface area contributed by atoms with Gasteiger partial charge in [-0.25, -0.2) is 0 Å². The molecule has 4 rings (SSSR count). The number of aromatic nitrogens is 1. The summed E-state index contributed by atoms with van der Waals surface area (Å²) in [5.74, 6) is -0.812. The maximum Gasteiger partial charge on any atom is 0.277 e. The first-order valence-electron chi connectivity index (χ1n) is 8.37. The molecule has 1 N–H and O–H groups in total. The molecular weight excluding hydrogens is 465 g/mol. The number of piperidine rings is 1. The van der Waals surface area contributed by atoms with Crippen LogP contribution < -0.4 is 10.4 Å². The van der Waals surface area contributed by atoms with Gasteiger partial charge in [-0.3, -0.25) is 19.3 Å². The van der Waals surface area contributed by atoms with E-state index >= 15 is 0 Å². The van der Waals surface area contributed by atoms with Crippen molar-refractivity contribution in [2.24, 2.45) is 0 Å². The molecule has 0 spiro atoms. The van der Waals surface area contributed by atoms with Crippen LogP contribution in [0.1, 0.15) is 34.9 Å². The predicted octanol–water partition coefficient (Wildman–Crippen LogP) is 2.89. The molecule has 2 aliphatic heterocycles. The summed E-state index contributed by atoms with van der Waals surface area (Å²) < 4.78 is 1.68. The van der Waals surface area contributed by atoms with Gasteiger partial charge in [0.15, 0.2) is 11.4 Å². The number of hydrogen-bond acceptors (Lipinski definition) is 5. The summed E-state index contributed by atoms with van der Waals surface area (Å²) in [4.78, 5) is 26.4. The maximum absolute atomic E-state index is 12.8. The number of hydrogen-bond donors (Lipinski definition) is 1. The molecule has 3 heterocycles. The standard InChI is InChI=1S/C18H18IN3O3S/c1-20-14-8-7-13(26-19)15(11-5-3-2-4-6-11)22(14)21-10-9-12(23)17(24)16(21)18(20)25/h2-6,9-10,13-15,24H,7-8H2,1H3. The lowest BCUT2D eigenvalue weighted by atomic mass is 9.93. The molecular formula is C18H18IN3O3S. The minimum absolute atomic E-state index is 0.0213. The van der Waals surface area contributed by atoms with Crippen LogP contribution in [0.25, 0.3) is 0 Å². The van der Waals surface area contributed by atoms with Crippen molar-refractivity contribution < 1.29 is 9.90 Å². The van der Waals surface area contributed by atoms with E-state index in [1.54, 1.807) is 31.8 Å². The molecule has 136 valence electrons. The summed E-state index contributed by atoms with van der Waals surface area (Å²) >= 11 is 2.33. The smallest absolute Gasteiger partial charge is 0.277 e. The Labute approximate surface area is 167 Å². The molecule has 0 radical (unpaired) electrons. The van der Waals surface area contributed by atoms with E-state index in [9.17, 15) is 14.7 Å². The zero-order valence-electron chi connectivity index (χ0n) is 14.1. The molecule has 2 aromatic rings. The normalized spacial score (nSPS) is 25.0. The fourth-order valence-electron chi connectivity index (χ4n) is 3.93. The van der Waals surface area contributed by atoms with Crippen molar-refractivity contribution >= 4 is 36.0 Å². The van der Waals surface area contributed by atoms with Crippen LogP contribution in [0.4, 0.5) is 0 Å². The second kappa shape index (κ2) is 6.80. The number of fused-ring (bicyclic) bond motifs is 3. The number of nitrogens with zero attached hydrogens (tertiary/aromatic N) is 3. The van der Waals surface area contributed by atoms with Gasteiger partial charge in [0, 0.05) is 24.6 Å². The summed E-state index contributed by atoms with van der Waals surface area (Å²) in [6.07, 6.45) is 3.29. The number of aromatic hydroxyl groups is 1. The Hall–Kier alpha value is -1.68. The van der Waals surface area contributed by atoms with E-state index in [1.165, 1.54) is 6.07 Å². The first-order valence-corrected chi connectivity index (χ1v) is 11.8. The summed E-state index contributed by atoms with van der Waals surface area (Å²) in [5, 5.41) is 12.7. The first-order chi connectivity index (χ1) is 12.5. The number of rotatable bonds is 2. The lowest BCUT2D eigenvalue weighted by Crippen LogP contribution is -2.64. The molecule has 0 saturated carbocycles. The number of carbonyl (C=O) groups excluding carboxylic acids is 1. The number of pyridine rings is 1. The van der Waals surface area contributed by atoms with E-state index in [1.807, 2.05) is 18.2 Å². The molecule has 26 heavy (non-hydrogen) atoms. The third-order valence-electron chi connectivity index (χ3n) is 5.18. The van der Waals surface area contributed by atoms with Crippen molar-refractivity contribution in [3.8, 4) is 5.75 Å². The molecule has 1 aromatic heterocycles. The lowest BCUT2D eigenvalue weighted by molar-refractivity contribution is 0.0558. The Bertz CT molecular complexity index is 904. The molecule has 0 bridgehead atoms. The minimum Gasteiger partial charge on any atom is -0.502 e. The largest absolute Gasteiger partial charge is 0.502 e. The van der Waals surface area contributed by atoms with Crippen LogP contribution in [0.3, 0.4) is 0 Å².